The minimum Gasteiger partial charge on any atom is -0.374 e. The molecule has 0 amide bonds. The van der Waals surface area contributed by atoms with Gasteiger partial charge in [0.15, 0.2) is 0 Å². The van der Waals surface area contributed by atoms with E-state index in [1.165, 1.54) is 12.1 Å². The maximum atomic E-state index is 13.4. The van der Waals surface area contributed by atoms with Crippen LogP contribution in [0, 0.1) is 5.82 Å². The summed E-state index contributed by atoms with van der Waals surface area (Å²) in [7, 11) is 0. The second kappa shape index (κ2) is 4.98. The van der Waals surface area contributed by atoms with Gasteiger partial charge in [-0.15, -0.1) is 0 Å². The van der Waals surface area contributed by atoms with E-state index >= 15 is 0 Å². The summed E-state index contributed by atoms with van der Waals surface area (Å²) in [4.78, 5) is 4.15. The topological polar surface area (TPSA) is 53.1 Å². The van der Waals surface area contributed by atoms with Gasteiger partial charge in [0, 0.05) is 12.7 Å². The molecule has 0 spiro atoms. The lowest BCUT2D eigenvalue weighted by Crippen LogP contribution is -2.31. The molecule has 0 aliphatic rings. The molecule has 2 aromatic rings. The number of hydrogen-bond acceptors (Lipinski definition) is 3. The Kier molecular flexibility index (Phi) is 3.69. The van der Waals surface area contributed by atoms with E-state index in [0.717, 1.165) is 0 Å². The zero-order valence-corrected chi connectivity index (χ0v) is 12.0. The van der Waals surface area contributed by atoms with Crippen LogP contribution in [0.25, 0.3) is 11.0 Å². The van der Waals surface area contributed by atoms with Crippen molar-refractivity contribution in [2.75, 3.05) is 12.3 Å². The van der Waals surface area contributed by atoms with E-state index in [1.54, 1.807) is 4.57 Å². The Morgan fingerprint density at radius 2 is 2.16 bits per heavy atom. The Bertz CT molecular complexity index is 609. The van der Waals surface area contributed by atoms with Crippen molar-refractivity contribution in [2.45, 2.75) is 32.9 Å². The highest BCUT2D eigenvalue weighted by Gasteiger charge is 2.22. The van der Waals surface area contributed by atoms with Crippen LogP contribution in [0.3, 0.4) is 0 Å². The van der Waals surface area contributed by atoms with Crippen molar-refractivity contribution in [3.8, 4) is 0 Å². The predicted octanol–water partition coefficient (Wildman–Crippen LogP) is 3.23. The van der Waals surface area contributed by atoms with E-state index in [-0.39, 0.29) is 5.02 Å². The molecule has 1 heterocycles. The van der Waals surface area contributed by atoms with Gasteiger partial charge in [-0.2, -0.15) is 0 Å². The molecule has 0 aliphatic carbocycles. The number of anilines is 1. The molecule has 0 fully saturated rings. The third kappa shape index (κ3) is 2.82. The first-order valence-corrected chi connectivity index (χ1v) is 6.46. The van der Waals surface area contributed by atoms with Crippen molar-refractivity contribution in [2.24, 2.45) is 0 Å². The molecule has 0 atom stereocenters. The molecule has 104 valence electrons. The third-order valence-corrected chi connectivity index (χ3v) is 3.18. The summed E-state index contributed by atoms with van der Waals surface area (Å²) in [6.07, 6.45) is 0. The van der Waals surface area contributed by atoms with Gasteiger partial charge in [-0.05, 0) is 26.8 Å². The van der Waals surface area contributed by atoms with Gasteiger partial charge in [0.1, 0.15) is 5.82 Å². The molecule has 0 saturated heterocycles. The van der Waals surface area contributed by atoms with Crippen LogP contribution >= 0.6 is 11.6 Å². The van der Waals surface area contributed by atoms with Gasteiger partial charge in [-0.3, -0.25) is 0 Å². The molecule has 0 unspecified atom stereocenters. The van der Waals surface area contributed by atoms with Crippen LogP contribution in [-0.4, -0.2) is 21.8 Å². The molecule has 2 rings (SSSR count). The monoisotopic (exact) mass is 285 g/mol. The quantitative estimate of drug-likeness (QED) is 0.938. The lowest BCUT2D eigenvalue weighted by molar-refractivity contribution is -0.0212. The Hall–Kier alpha value is -1.33. The van der Waals surface area contributed by atoms with E-state index in [9.17, 15) is 4.39 Å². The molecule has 4 nitrogen and oxygen atoms in total. The van der Waals surface area contributed by atoms with E-state index in [0.29, 0.717) is 30.1 Å². The van der Waals surface area contributed by atoms with Crippen LogP contribution in [0.4, 0.5) is 10.3 Å². The van der Waals surface area contributed by atoms with Crippen LogP contribution in [0.5, 0.6) is 0 Å². The summed E-state index contributed by atoms with van der Waals surface area (Å²) in [6.45, 7) is 6.99. The fourth-order valence-electron chi connectivity index (χ4n) is 2.12. The fraction of sp³-hybridized carbons (Fsp3) is 0.462. The van der Waals surface area contributed by atoms with E-state index in [1.807, 2.05) is 20.8 Å². The maximum absolute atomic E-state index is 13.4. The first kappa shape index (κ1) is 14.1. The van der Waals surface area contributed by atoms with Crippen molar-refractivity contribution in [1.82, 2.24) is 9.55 Å². The van der Waals surface area contributed by atoms with Crippen LogP contribution in [0.2, 0.25) is 5.02 Å². The van der Waals surface area contributed by atoms with Crippen molar-refractivity contribution >= 4 is 28.6 Å². The summed E-state index contributed by atoms with van der Waals surface area (Å²) in [6, 6.07) is 2.83. The van der Waals surface area contributed by atoms with Gasteiger partial charge in [0.05, 0.1) is 28.2 Å². The molecular formula is C13H17ClFN3O. The first-order chi connectivity index (χ1) is 8.84. The largest absolute Gasteiger partial charge is 0.374 e. The van der Waals surface area contributed by atoms with Crippen molar-refractivity contribution < 1.29 is 9.13 Å². The lowest BCUT2D eigenvalue weighted by Gasteiger charge is -2.25. The third-order valence-electron chi connectivity index (χ3n) is 2.89. The molecular weight excluding hydrogens is 269 g/mol. The Morgan fingerprint density at radius 1 is 1.47 bits per heavy atom. The van der Waals surface area contributed by atoms with Gasteiger partial charge in [-0.1, -0.05) is 11.6 Å². The summed E-state index contributed by atoms with van der Waals surface area (Å²) in [5, 5.41) is 0.0582. The highest BCUT2D eigenvalue weighted by molar-refractivity contribution is 6.31. The smallest absolute Gasteiger partial charge is 0.201 e. The lowest BCUT2D eigenvalue weighted by atomic mass is 10.1. The summed E-state index contributed by atoms with van der Waals surface area (Å²) >= 11 is 5.81. The number of aromatic nitrogens is 2. The van der Waals surface area contributed by atoms with E-state index in [2.05, 4.69) is 4.98 Å². The number of imidazole rings is 1. The first-order valence-electron chi connectivity index (χ1n) is 6.09. The Morgan fingerprint density at radius 3 is 2.79 bits per heavy atom. The van der Waals surface area contributed by atoms with Crippen LogP contribution in [0.15, 0.2) is 12.1 Å². The molecule has 19 heavy (non-hydrogen) atoms. The minimum absolute atomic E-state index is 0.0582. The van der Waals surface area contributed by atoms with Crippen LogP contribution in [0.1, 0.15) is 20.8 Å². The number of nitrogens with two attached hydrogens (primary N) is 1. The highest BCUT2D eigenvalue weighted by atomic mass is 35.5. The number of rotatable bonds is 4. The van der Waals surface area contributed by atoms with Gasteiger partial charge < -0.3 is 15.0 Å². The molecule has 0 bridgehead atoms. The van der Waals surface area contributed by atoms with Crippen LogP contribution in [-0.2, 0) is 11.3 Å². The number of hydrogen-bond donors (Lipinski definition) is 1. The van der Waals surface area contributed by atoms with Crippen molar-refractivity contribution in [3.05, 3.63) is 23.0 Å². The van der Waals surface area contributed by atoms with Crippen LogP contribution < -0.4 is 5.73 Å². The number of benzene rings is 1. The summed E-state index contributed by atoms with van der Waals surface area (Å²) in [5.41, 5.74) is 6.69. The van der Waals surface area contributed by atoms with Gasteiger partial charge in [0.25, 0.3) is 0 Å². The van der Waals surface area contributed by atoms with E-state index < -0.39 is 11.4 Å². The average molecular weight is 286 g/mol. The van der Waals surface area contributed by atoms with Gasteiger partial charge in [0.2, 0.25) is 5.95 Å². The maximum Gasteiger partial charge on any atom is 0.201 e. The van der Waals surface area contributed by atoms with E-state index in [4.69, 9.17) is 22.1 Å². The highest BCUT2D eigenvalue weighted by Crippen LogP contribution is 2.26. The second-order valence-electron chi connectivity index (χ2n) is 5.00. The predicted molar refractivity (Wildman–Crippen MR) is 74.8 cm³/mol. The normalized spacial score (nSPS) is 12.3. The van der Waals surface area contributed by atoms with Gasteiger partial charge >= 0.3 is 0 Å². The standard InChI is InChI=1S/C13H17ClFN3O/c1-4-19-13(2,3)7-18-11-5-8(14)9(15)6-10(11)17-12(18)16/h5-6H,4,7H2,1-3H3,(H2,16,17). The fourth-order valence-corrected chi connectivity index (χ4v) is 2.28. The second-order valence-corrected chi connectivity index (χ2v) is 5.41. The summed E-state index contributed by atoms with van der Waals surface area (Å²) in [5.74, 6) is -0.174. The molecule has 6 heteroatoms. The minimum atomic E-state index is -0.497. The molecule has 0 aliphatic heterocycles. The van der Waals surface area contributed by atoms with Crippen molar-refractivity contribution in [1.29, 1.82) is 0 Å². The number of nitrogen functional groups attached to an aromatic ring is 1. The number of ether oxygens (including phenoxy) is 1. The molecule has 1 aromatic heterocycles. The number of fused-ring (bicyclic) bond motifs is 1. The Balaban J connectivity index is 2.48. The zero-order chi connectivity index (χ0) is 14.2. The SMILES string of the molecule is CCOC(C)(C)Cn1c(N)nc2cc(F)c(Cl)cc21. The molecule has 0 saturated carbocycles. The van der Waals surface area contributed by atoms with Crippen molar-refractivity contribution in [3.63, 3.8) is 0 Å². The molecule has 2 N–H and O–H groups in total. The molecule has 0 radical (unpaired) electrons. The average Bonchev–Trinajstić information content (AvgIpc) is 2.56. The van der Waals surface area contributed by atoms with Gasteiger partial charge in [-0.25, -0.2) is 9.37 Å². The zero-order valence-electron chi connectivity index (χ0n) is 11.2. The number of halogens is 2. The Labute approximate surface area is 116 Å². The molecule has 1 aromatic carbocycles. The number of nitrogens with zero attached hydrogens (tertiary/aromatic N) is 2. The summed E-state index contributed by atoms with van der Waals surface area (Å²) < 4.78 is 20.8.